The van der Waals surface area contributed by atoms with Crippen LogP contribution in [0, 0.1) is 17.8 Å². The van der Waals surface area contributed by atoms with Crippen LogP contribution in [0.1, 0.15) is 12.8 Å². The Balaban J connectivity index is 1.48. The Morgan fingerprint density at radius 2 is 1.96 bits per heavy atom. The fourth-order valence-corrected chi connectivity index (χ4v) is 4.52. The van der Waals surface area contributed by atoms with Crippen molar-refractivity contribution in [2.45, 2.75) is 43.5 Å². The summed E-state index contributed by atoms with van der Waals surface area (Å²) in [7, 11) is -4.97. The molecular formula is C16H25NO10S. The van der Waals surface area contributed by atoms with E-state index in [9.17, 15) is 28.5 Å². The van der Waals surface area contributed by atoms with Crippen LogP contribution >= 0.6 is 0 Å². The molecule has 12 heteroatoms. The summed E-state index contributed by atoms with van der Waals surface area (Å²) >= 11 is 0. The number of carbonyl (C=O) groups excluding carboxylic acids is 1. The predicted octanol–water partition coefficient (Wildman–Crippen LogP) is -2.04. The first-order valence-corrected chi connectivity index (χ1v) is 10.4. The van der Waals surface area contributed by atoms with Crippen LogP contribution in [-0.2, 0) is 28.9 Å². The summed E-state index contributed by atoms with van der Waals surface area (Å²) in [6, 6.07) is 0. The highest BCUT2D eigenvalue weighted by Gasteiger charge is 2.47. The number of amides is 1. The zero-order chi connectivity index (χ0) is 20.5. The highest BCUT2D eigenvalue weighted by molar-refractivity contribution is 7.80. The van der Waals surface area contributed by atoms with Crippen LogP contribution in [0.3, 0.4) is 0 Å². The number of aliphatic hydroxyl groups is 3. The van der Waals surface area contributed by atoms with Gasteiger partial charge in [-0.2, -0.15) is 8.42 Å². The molecule has 5 N–H and O–H groups in total. The lowest BCUT2D eigenvalue weighted by molar-refractivity contribution is -0.296. The normalized spacial score (nSPS) is 40.0. The number of ether oxygens (including phenoxy) is 2. The minimum atomic E-state index is -4.97. The van der Waals surface area contributed by atoms with Crippen molar-refractivity contribution in [2.24, 2.45) is 17.8 Å². The minimum absolute atomic E-state index is 0.0621. The van der Waals surface area contributed by atoms with Gasteiger partial charge in [-0.25, -0.2) is 4.18 Å². The predicted molar refractivity (Wildman–Crippen MR) is 92.0 cm³/mol. The van der Waals surface area contributed by atoms with Gasteiger partial charge in [0.05, 0.1) is 13.2 Å². The van der Waals surface area contributed by atoms with Crippen LogP contribution in [0.5, 0.6) is 0 Å². The Morgan fingerprint density at radius 3 is 2.54 bits per heavy atom. The van der Waals surface area contributed by atoms with Crippen LogP contribution in [0.2, 0.25) is 0 Å². The average Bonchev–Trinajstić information content (AvgIpc) is 3.26. The molecule has 3 rings (SSSR count). The van der Waals surface area contributed by atoms with E-state index in [0.717, 1.165) is 12.8 Å². The van der Waals surface area contributed by atoms with Gasteiger partial charge in [-0.3, -0.25) is 9.35 Å². The number of fused-ring (bicyclic) bond motifs is 2. The van der Waals surface area contributed by atoms with E-state index in [4.69, 9.17) is 14.0 Å². The summed E-state index contributed by atoms with van der Waals surface area (Å²) in [6.45, 7) is -0.649. The molecule has 0 aromatic heterocycles. The quantitative estimate of drug-likeness (QED) is 0.166. The van der Waals surface area contributed by atoms with E-state index < -0.39 is 47.7 Å². The third kappa shape index (κ3) is 4.89. The summed E-state index contributed by atoms with van der Waals surface area (Å²) in [4.78, 5) is 12.2. The van der Waals surface area contributed by atoms with Gasteiger partial charge in [-0.1, -0.05) is 12.2 Å². The van der Waals surface area contributed by atoms with Gasteiger partial charge in [0.15, 0.2) is 6.29 Å². The smallest absolute Gasteiger partial charge is 0.394 e. The second-order valence-corrected chi connectivity index (χ2v) is 8.29. The zero-order valence-corrected chi connectivity index (χ0v) is 15.8. The van der Waals surface area contributed by atoms with Crippen molar-refractivity contribution < 1.29 is 46.7 Å². The zero-order valence-electron chi connectivity index (χ0n) is 15.0. The first-order chi connectivity index (χ1) is 13.2. The van der Waals surface area contributed by atoms with E-state index in [1.165, 1.54) is 0 Å². The van der Waals surface area contributed by atoms with Crippen molar-refractivity contribution in [1.29, 1.82) is 0 Å². The second-order valence-electron chi connectivity index (χ2n) is 7.24. The monoisotopic (exact) mass is 423 g/mol. The Bertz CT molecular complexity index is 698. The van der Waals surface area contributed by atoms with E-state index in [1.54, 1.807) is 0 Å². The molecular weight excluding hydrogens is 398 g/mol. The third-order valence-corrected chi connectivity index (χ3v) is 5.82. The topological polar surface area (TPSA) is 172 Å². The molecule has 28 heavy (non-hydrogen) atoms. The number of aliphatic hydroxyl groups excluding tert-OH is 3. The fourth-order valence-electron chi connectivity index (χ4n) is 4.01. The van der Waals surface area contributed by atoms with Gasteiger partial charge in [-0.05, 0) is 24.7 Å². The van der Waals surface area contributed by atoms with Gasteiger partial charge in [-0.15, -0.1) is 0 Å². The van der Waals surface area contributed by atoms with Crippen LogP contribution in [0.4, 0.5) is 0 Å². The van der Waals surface area contributed by atoms with Crippen molar-refractivity contribution in [2.75, 3.05) is 19.8 Å². The molecule has 8 unspecified atom stereocenters. The van der Waals surface area contributed by atoms with E-state index >= 15 is 0 Å². The Hall–Kier alpha value is -1.12. The van der Waals surface area contributed by atoms with E-state index in [1.807, 2.05) is 0 Å². The molecule has 8 atom stereocenters. The lowest BCUT2D eigenvalue weighted by Crippen LogP contribution is -2.60. The van der Waals surface area contributed by atoms with Gasteiger partial charge >= 0.3 is 10.4 Å². The highest BCUT2D eigenvalue weighted by Crippen LogP contribution is 2.43. The maximum Gasteiger partial charge on any atom is 0.397 e. The second kappa shape index (κ2) is 8.71. The molecule has 11 nitrogen and oxygen atoms in total. The molecule has 1 amide bonds. The molecule has 0 radical (unpaired) electrons. The number of carbonyl (C=O) groups is 1. The number of hydrogen-bond donors (Lipinski definition) is 5. The van der Waals surface area contributed by atoms with Crippen LogP contribution < -0.4 is 5.32 Å². The molecule has 2 fully saturated rings. The SMILES string of the molecule is O=C(NCCOC1OC(CO)C(O)C(OS(=O)(=O)O)C1O)C1CC2C=CC1C2. The number of hydrogen-bond acceptors (Lipinski definition) is 9. The molecule has 0 aromatic rings. The molecule has 2 aliphatic carbocycles. The Morgan fingerprint density at radius 1 is 1.21 bits per heavy atom. The molecule has 0 aromatic carbocycles. The van der Waals surface area contributed by atoms with Crippen LogP contribution in [0.25, 0.3) is 0 Å². The fraction of sp³-hybridized carbons (Fsp3) is 0.812. The number of allylic oxidation sites excluding steroid dienone is 2. The van der Waals surface area contributed by atoms with Gasteiger partial charge in [0.25, 0.3) is 0 Å². The van der Waals surface area contributed by atoms with Crippen molar-refractivity contribution in [1.82, 2.24) is 5.32 Å². The van der Waals surface area contributed by atoms with Crippen LogP contribution in [-0.4, -0.2) is 84.7 Å². The largest absolute Gasteiger partial charge is 0.397 e. The van der Waals surface area contributed by atoms with Crippen molar-refractivity contribution in [3.05, 3.63) is 12.2 Å². The van der Waals surface area contributed by atoms with Gasteiger partial charge < -0.3 is 30.1 Å². The van der Waals surface area contributed by atoms with Gasteiger partial charge in [0.1, 0.15) is 24.4 Å². The molecule has 2 bridgehead atoms. The highest BCUT2D eigenvalue weighted by atomic mass is 32.3. The Kier molecular flexibility index (Phi) is 6.72. The maximum atomic E-state index is 12.2. The molecule has 0 spiro atoms. The molecule has 160 valence electrons. The summed E-state index contributed by atoms with van der Waals surface area (Å²) in [5.41, 5.74) is 0. The number of rotatable bonds is 8. The van der Waals surface area contributed by atoms with Gasteiger partial charge in [0, 0.05) is 12.5 Å². The standard InChI is InChI=1S/C16H25NO10S/c18-7-11-12(19)14(27-28(22,23)24)13(20)16(26-11)25-4-3-17-15(21)10-6-8-1-2-9(10)5-8/h1-2,8-14,16,18-20H,3-7H2,(H,17,21)(H,22,23,24). The van der Waals surface area contributed by atoms with Gasteiger partial charge in [0.2, 0.25) is 5.91 Å². The maximum absolute atomic E-state index is 12.2. The number of nitrogens with one attached hydrogen (secondary N) is 1. The van der Waals surface area contributed by atoms with Crippen LogP contribution in [0.15, 0.2) is 12.2 Å². The first kappa shape index (κ1) is 21.6. The average molecular weight is 423 g/mol. The minimum Gasteiger partial charge on any atom is -0.394 e. The molecule has 3 aliphatic rings. The van der Waals surface area contributed by atoms with E-state index in [0.29, 0.717) is 5.92 Å². The first-order valence-electron chi connectivity index (χ1n) is 9.05. The van der Waals surface area contributed by atoms with Crippen molar-refractivity contribution in [3.63, 3.8) is 0 Å². The Labute approximate surface area is 162 Å². The lowest BCUT2D eigenvalue weighted by atomic mass is 9.93. The summed E-state index contributed by atoms with van der Waals surface area (Å²) in [6.07, 6.45) is -1.97. The third-order valence-electron chi connectivity index (χ3n) is 5.35. The lowest BCUT2D eigenvalue weighted by Gasteiger charge is -2.40. The molecule has 1 saturated carbocycles. The molecule has 1 saturated heterocycles. The summed E-state index contributed by atoms with van der Waals surface area (Å²) in [5, 5.41) is 32.1. The summed E-state index contributed by atoms with van der Waals surface area (Å²) in [5.74, 6) is 0.582. The van der Waals surface area contributed by atoms with E-state index in [2.05, 4.69) is 21.7 Å². The summed E-state index contributed by atoms with van der Waals surface area (Å²) < 4.78 is 45.5. The molecule has 1 aliphatic heterocycles. The van der Waals surface area contributed by atoms with E-state index in [-0.39, 0.29) is 30.9 Å². The van der Waals surface area contributed by atoms with Crippen molar-refractivity contribution >= 4 is 16.3 Å². The molecule has 1 heterocycles. The van der Waals surface area contributed by atoms with Crippen molar-refractivity contribution in [3.8, 4) is 0 Å².